The number of carbonyl (C=O) groups excluding carboxylic acids is 2. The summed E-state index contributed by atoms with van der Waals surface area (Å²) in [6.07, 6.45) is 2.66. The number of benzene rings is 1. The van der Waals surface area contributed by atoms with Crippen molar-refractivity contribution in [1.29, 1.82) is 0 Å². The Labute approximate surface area is 245 Å². The van der Waals surface area contributed by atoms with E-state index in [4.69, 9.17) is 4.74 Å². The molecule has 16 heteroatoms. The summed E-state index contributed by atoms with van der Waals surface area (Å²) in [5.41, 5.74) is -1.46. The highest BCUT2D eigenvalue weighted by atomic mass is 32.1. The van der Waals surface area contributed by atoms with Crippen LogP contribution in [0.5, 0.6) is 0 Å². The molecule has 3 aromatic rings. The Balaban J connectivity index is 1.93. The Kier molecular flexibility index (Phi) is 10.4. The molecule has 0 bridgehead atoms. The molecule has 0 radical (unpaired) electrons. The van der Waals surface area contributed by atoms with Gasteiger partial charge in [0.25, 0.3) is 11.4 Å². The first kappa shape index (κ1) is 32.2. The molecule has 3 rings (SSSR count). The molecule has 1 aromatic carbocycles. The van der Waals surface area contributed by atoms with E-state index in [-0.39, 0.29) is 18.0 Å². The Hall–Kier alpha value is -4.28. The van der Waals surface area contributed by atoms with Crippen molar-refractivity contribution in [2.75, 3.05) is 0 Å². The number of rotatable bonds is 12. The van der Waals surface area contributed by atoms with Crippen LogP contribution in [0.1, 0.15) is 57.8 Å². The lowest BCUT2D eigenvalue weighted by molar-refractivity contribution is -0.394. The Morgan fingerprint density at radius 3 is 2.45 bits per heavy atom. The zero-order valence-corrected chi connectivity index (χ0v) is 24.5. The molecule has 2 heterocycles. The zero-order chi connectivity index (χ0) is 31.2. The van der Waals surface area contributed by atoms with Gasteiger partial charge in [0.2, 0.25) is 5.91 Å². The van der Waals surface area contributed by atoms with Gasteiger partial charge in [-0.05, 0) is 39.2 Å². The maximum Gasteiger partial charge on any atom is 0.414 e. The Bertz CT molecular complexity index is 1420. The normalized spacial score (nSPS) is 13.8. The summed E-state index contributed by atoms with van der Waals surface area (Å²) < 4.78 is 6.54. The number of hydrogen-bond acceptors (Lipinski definition) is 12. The van der Waals surface area contributed by atoms with Crippen molar-refractivity contribution in [3.05, 3.63) is 73.2 Å². The fourth-order valence-corrected chi connectivity index (χ4v) is 4.81. The number of nitro groups is 2. The van der Waals surface area contributed by atoms with Gasteiger partial charge < -0.3 is 9.84 Å². The van der Waals surface area contributed by atoms with Gasteiger partial charge in [0.1, 0.15) is 22.4 Å². The van der Waals surface area contributed by atoms with Crippen LogP contribution < -0.4 is 10.6 Å². The summed E-state index contributed by atoms with van der Waals surface area (Å²) in [5.74, 6) is -0.617. The molecule has 3 N–H and O–H groups in total. The van der Waals surface area contributed by atoms with Crippen LogP contribution in [0.15, 0.2) is 42.3 Å². The third kappa shape index (κ3) is 8.86. The quantitative estimate of drug-likeness (QED) is 0.200. The van der Waals surface area contributed by atoms with Crippen molar-refractivity contribution < 1.29 is 29.3 Å². The van der Waals surface area contributed by atoms with E-state index in [9.17, 15) is 34.9 Å². The average Bonchev–Trinajstić information content (AvgIpc) is 3.58. The van der Waals surface area contributed by atoms with Crippen LogP contribution in [-0.4, -0.2) is 59.2 Å². The van der Waals surface area contributed by atoms with Gasteiger partial charge in [0, 0.05) is 36.3 Å². The van der Waals surface area contributed by atoms with E-state index in [0.717, 1.165) is 12.1 Å². The number of imide groups is 1. The number of nitrogens with one attached hydrogen (secondary N) is 2. The summed E-state index contributed by atoms with van der Waals surface area (Å²) in [4.78, 5) is 55.5. The first-order valence-electron chi connectivity index (χ1n) is 13.0. The number of imidazole rings is 1. The van der Waals surface area contributed by atoms with Crippen LogP contribution in [0.25, 0.3) is 5.69 Å². The number of carbonyl (C=O) groups is 2. The number of amides is 2. The standard InChI is InChI=1S/C26H33N7O8S/c1-15(2)10-18(22(34)24-27-8-9-42-24)29-19(23(35)30-25(36)41-26(3,4)5)11-16-13-31(14-28-16)20-7-6-17(32(37)38)12-21(20)33(39)40/h6-9,12-15,18-19,22,29,34H,10-11H2,1-5H3,(H,30,35,36)/t18-,19-,22+/m0/s1. The van der Waals surface area contributed by atoms with E-state index < -0.39 is 57.0 Å². The van der Waals surface area contributed by atoms with Crippen molar-refractivity contribution in [2.45, 2.75) is 71.2 Å². The van der Waals surface area contributed by atoms with Gasteiger partial charge in [0.15, 0.2) is 0 Å². The van der Waals surface area contributed by atoms with Crippen LogP contribution in [0.3, 0.4) is 0 Å². The van der Waals surface area contributed by atoms with Crippen LogP contribution in [-0.2, 0) is 16.0 Å². The van der Waals surface area contributed by atoms with Crippen LogP contribution in [0, 0.1) is 26.1 Å². The van der Waals surface area contributed by atoms with Crippen LogP contribution >= 0.6 is 11.3 Å². The Morgan fingerprint density at radius 2 is 1.88 bits per heavy atom. The van der Waals surface area contributed by atoms with Gasteiger partial charge in [-0.3, -0.25) is 40.2 Å². The number of alkyl carbamates (subject to hydrolysis) is 1. The minimum absolute atomic E-state index is 0.0314. The SMILES string of the molecule is CC(C)C[C@H](N[C@@H](Cc1cn(-c2ccc([N+](=O)[O-])cc2[N+](=O)[O-])cn1)C(=O)NC(=O)OC(C)(C)C)[C@@H](O)c1nccs1. The molecule has 0 unspecified atom stereocenters. The molecule has 0 fully saturated rings. The minimum atomic E-state index is -1.09. The van der Waals surface area contributed by atoms with Gasteiger partial charge in [-0.15, -0.1) is 11.3 Å². The summed E-state index contributed by atoms with van der Waals surface area (Å²) in [7, 11) is 0. The molecule has 2 aromatic heterocycles. The number of thiazole rings is 1. The Morgan fingerprint density at radius 1 is 1.17 bits per heavy atom. The van der Waals surface area contributed by atoms with E-state index in [1.165, 1.54) is 34.5 Å². The highest BCUT2D eigenvalue weighted by molar-refractivity contribution is 7.09. The van der Waals surface area contributed by atoms with Crippen molar-refractivity contribution >= 4 is 34.7 Å². The molecular weight excluding hydrogens is 570 g/mol. The number of nitrogens with zero attached hydrogens (tertiary/aromatic N) is 5. The summed E-state index contributed by atoms with van der Waals surface area (Å²) >= 11 is 1.26. The lowest BCUT2D eigenvalue weighted by atomic mass is 9.97. The maximum absolute atomic E-state index is 13.3. The molecular formula is C26H33N7O8S. The second kappa shape index (κ2) is 13.6. The molecule has 0 aliphatic rings. The topological polar surface area (TPSA) is 205 Å². The monoisotopic (exact) mass is 603 g/mol. The number of aromatic nitrogens is 3. The maximum atomic E-state index is 13.3. The first-order valence-corrected chi connectivity index (χ1v) is 13.9. The minimum Gasteiger partial charge on any atom is -0.444 e. The summed E-state index contributed by atoms with van der Waals surface area (Å²) in [6.45, 7) is 8.87. The first-order chi connectivity index (χ1) is 19.6. The van der Waals surface area contributed by atoms with E-state index in [1.807, 2.05) is 13.8 Å². The molecule has 0 aliphatic carbocycles. The number of aliphatic hydroxyl groups excluding tert-OH is 1. The lowest BCUT2D eigenvalue weighted by Crippen LogP contribution is -2.53. The van der Waals surface area contributed by atoms with Crippen molar-refractivity contribution in [3.8, 4) is 5.69 Å². The number of non-ortho nitro benzene ring substituents is 1. The molecule has 0 saturated carbocycles. The second-order valence-corrected chi connectivity index (χ2v) is 11.9. The molecule has 42 heavy (non-hydrogen) atoms. The summed E-state index contributed by atoms with van der Waals surface area (Å²) in [6, 6.07) is 1.49. The van der Waals surface area contributed by atoms with Gasteiger partial charge >= 0.3 is 6.09 Å². The van der Waals surface area contributed by atoms with E-state index in [2.05, 4.69) is 20.6 Å². The molecule has 0 aliphatic heterocycles. The van der Waals surface area contributed by atoms with E-state index in [0.29, 0.717) is 17.1 Å². The molecule has 226 valence electrons. The molecule has 15 nitrogen and oxygen atoms in total. The van der Waals surface area contributed by atoms with Crippen molar-refractivity contribution in [2.24, 2.45) is 5.92 Å². The third-order valence-corrected chi connectivity index (χ3v) is 6.71. The lowest BCUT2D eigenvalue weighted by Gasteiger charge is -2.29. The van der Waals surface area contributed by atoms with Crippen LogP contribution in [0.4, 0.5) is 16.2 Å². The summed E-state index contributed by atoms with van der Waals surface area (Å²) in [5, 5.41) is 41.4. The van der Waals surface area contributed by atoms with Crippen molar-refractivity contribution in [3.63, 3.8) is 0 Å². The van der Waals surface area contributed by atoms with Gasteiger partial charge in [-0.1, -0.05) is 13.8 Å². The highest BCUT2D eigenvalue weighted by Crippen LogP contribution is 2.28. The van der Waals surface area contributed by atoms with Crippen LogP contribution in [0.2, 0.25) is 0 Å². The van der Waals surface area contributed by atoms with Gasteiger partial charge in [-0.2, -0.15) is 0 Å². The number of aliphatic hydroxyl groups is 1. The molecule has 2 amide bonds. The van der Waals surface area contributed by atoms with Gasteiger partial charge in [-0.25, -0.2) is 14.8 Å². The van der Waals surface area contributed by atoms with Crippen molar-refractivity contribution in [1.82, 2.24) is 25.2 Å². The number of nitro benzene ring substituents is 2. The largest absolute Gasteiger partial charge is 0.444 e. The van der Waals surface area contributed by atoms with Gasteiger partial charge in [0.05, 0.1) is 34.0 Å². The van der Waals surface area contributed by atoms with E-state index in [1.54, 1.807) is 32.3 Å². The molecule has 0 spiro atoms. The zero-order valence-electron chi connectivity index (χ0n) is 23.7. The van der Waals surface area contributed by atoms with E-state index >= 15 is 0 Å². The molecule has 3 atom stereocenters. The average molecular weight is 604 g/mol. The number of hydrogen-bond donors (Lipinski definition) is 3. The smallest absolute Gasteiger partial charge is 0.414 e. The predicted molar refractivity (Wildman–Crippen MR) is 152 cm³/mol. The second-order valence-electron chi connectivity index (χ2n) is 10.9. The molecule has 0 saturated heterocycles. The fourth-order valence-electron chi connectivity index (χ4n) is 4.13. The highest BCUT2D eigenvalue weighted by Gasteiger charge is 2.32. The third-order valence-electron chi connectivity index (χ3n) is 5.86. The predicted octanol–water partition coefficient (Wildman–Crippen LogP) is 3.85. The fraction of sp³-hybridized carbons (Fsp3) is 0.462. The number of ether oxygens (including phenoxy) is 1.